The molecule has 4 rings (SSSR count). The highest BCUT2D eigenvalue weighted by Gasteiger charge is 2.38. The maximum absolute atomic E-state index is 14.3. The zero-order chi connectivity index (χ0) is 26.4. The standard InChI is InChI=1S/C30H37N3O2S2/c1-22-18-20-25(21-19-22)37(34,35)29(24-14-8-5-9-15-24)28(23-12-6-4-7-13-23)32-30(36)31-26-16-10-11-17-27(26)33(2)3/h4-9,12-15,18-21,26-29H,10-11,16-17H2,1-3H3,(H2,31,32,36)/t26-,27-,28+,29+/m1/s1. The fraction of sp³-hybridized carbons (Fsp3) is 0.367. The summed E-state index contributed by atoms with van der Waals surface area (Å²) in [6, 6.07) is 26.3. The number of hydrogen-bond acceptors (Lipinski definition) is 4. The Labute approximate surface area is 227 Å². The van der Waals surface area contributed by atoms with E-state index in [1.54, 1.807) is 12.1 Å². The van der Waals surface area contributed by atoms with Gasteiger partial charge in [-0.2, -0.15) is 0 Å². The minimum atomic E-state index is -3.78. The summed E-state index contributed by atoms with van der Waals surface area (Å²) in [7, 11) is 0.430. The van der Waals surface area contributed by atoms with Gasteiger partial charge in [0.05, 0.1) is 10.9 Å². The zero-order valence-corrected chi connectivity index (χ0v) is 23.4. The molecule has 1 aliphatic carbocycles. The number of thiocarbonyl (C=S) groups is 1. The van der Waals surface area contributed by atoms with Crippen molar-refractivity contribution in [3.05, 3.63) is 102 Å². The van der Waals surface area contributed by atoms with Crippen molar-refractivity contribution in [1.82, 2.24) is 15.5 Å². The van der Waals surface area contributed by atoms with E-state index in [0.29, 0.717) is 16.0 Å². The molecule has 4 atom stereocenters. The highest BCUT2D eigenvalue weighted by Crippen LogP contribution is 2.39. The molecule has 0 bridgehead atoms. The van der Waals surface area contributed by atoms with Crippen LogP contribution in [0.3, 0.4) is 0 Å². The lowest BCUT2D eigenvalue weighted by Crippen LogP contribution is -2.54. The highest BCUT2D eigenvalue weighted by atomic mass is 32.2. The second-order valence-electron chi connectivity index (χ2n) is 10.1. The Morgan fingerprint density at radius 2 is 1.43 bits per heavy atom. The van der Waals surface area contributed by atoms with Crippen LogP contribution < -0.4 is 10.6 Å². The predicted octanol–water partition coefficient (Wildman–Crippen LogP) is 5.59. The average Bonchev–Trinajstić information content (AvgIpc) is 2.90. The molecular weight excluding hydrogens is 498 g/mol. The van der Waals surface area contributed by atoms with Crippen molar-refractivity contribution in [1.29, 1.82) is 0 Å². The third-order valence-corrected chi connectivity index (χ3v) is 9.65. The van der Waals surface area contributed by atoms with Gasteiger partial charge < -0.3 is 15.5 Å². The number of likely N-dealkylation sites (N-methyl/N-ethyl adjacent to an activating group) is 1. The monoisotopic (exact) mass is 535 g/mol. The molecule has 196 valence electrons. The molecule has 5 nitrogen and oxygen atoms in total. The lowest BCUT2D eigenvalue weighted by Gasteiger charge is -2.38. The van der Waals surface area contributed by atoms with Crippen LogP contribution in [0.15, 0.2) is 89.8 Å². The molecule has 1 fully saturated rings. The summed E-state index contributed by atoms with van der Waals surface area (Å²) in [5, 5.41) is 6.59. The molecule has 1 saturated carbocycles. The van der Waals surface area contributed by atoms with Gasteiger partial charge in [-0.3, -0.25) is 0 Å². The summed E-state index contributed by atoms with van der Waals surface area (Å²) in [6.07, 6.45) is 4.51. The summed E-state index contributed by atoms with van der Waals surface area (Å²) in [4.78, 5) is 2.55. The van der Waals surface area contributed by atoms with Crippen molar-refractivity contribution < 1.29 is 8.42 Å². The Hall–Kier alpha value is -2.74. The van der Waals surface area contributed by atoms with Crippen LogP contribution in [0.25, 0.3) is 0 Å². The molecule has 2 N–H and O–H groups in total. The highest BCUT2D eigenvalue weighted by molar-refractivity contribution is 7.91. The molecule has 0 aliphatic heterocycles. The first-order valence-corrected chi connectivity index (χ1v) is 14.9. The largest absolute Gasteiger partial charge is 0.358 e. The van der Waals surface area contributed by atoms with Gasteiger partial charge in [0, 0.05) is 12.1 Å². The minimum Gasteiger partial charge on any atom is -0.358 e. The van der Waals surface area contributed by atoms with E-state index in [1.165, 1.54) is 6.42 Å². The number of nitrogens with one attached hydrogen (secondary N) is 2. The van der Waals surface area contributed by atoms with Crippen LogP contribution in [0, 0.1) is 6.92 Å². The number of benzene rings is 3. The second-order valence-corrected chi connectivity index (χ2v) is 12.6. The predicted molar refractivity (Wildman–Crippen MR) is 155 cm³/mol. The van der Waals surface area contributed by atoms with Crippen LogP contribution >= 0.6 is 12.2 Å². The van der Waals surface area contributed by atoms with Gasteiger partial charge in [0.15, 0.2) is 14.9 Å². The van der Waals surface area contributed by atoms with Crippen LogP contribution in [0.1, 0.15) is 53.7 Å². The van der Waals surface area contributed by atoms with Crippen LogP contribution in [-0.4, -0.2) is 44.6 Å². The van der Waals surface area contributed by atoms with E-state index in [9.17, 15) is 8.42 Å². The van der Waals surface area contributed by atoms with Crippen molar-refractivity contribution in [3.8, 4) is 0 Å². The number of sulfone groups is 1. The first-order chi connectivity index (χ1) is 17.8. The van der Waals surface area contributed by atoms with Gasteiger partial charge in [-0.05, 0) is 69.3 Å². The quantitative estimate of drug-likeness (QED) is 0.367. The third kappa shape index (κ3) is 6.58. The van der Waals surface area contributed by atoms with Gasteiger partial charge in [0.1, 0.15) is 5.25 Å². The summed E-state index contributed by atoms with van der Waals surface area (Å²) in [6.45, 7) is 1.95. The van der Waals surface area contributed by atoms with Crippen molar-refractivity contribution >= 4 is 27.2 Å². The van der Waals surface area contributed by atoms with Crippen LogP contribution in [0.4, 0.5) is 0 Å². The van der Waals surface area contributed by atoms with Crippen molar-refractivity contribution in [2.45, 2.75) is 60.9 Å². The Morgan fingerprint density at radius 1 is 0.865 bits per heavy atom. The lowest BCUT2D eigenvalue weighted by atomic mass is 9.89. The molecule has 0 heterocycles. The number of rotatable bonds is 8. The number of hydrogen-bond donors (Lipinski definition) is 2. The van der Waals surface area contributed by atoms with Crippen LogP contribution in [-0.2, 0) is 9.84 Å². The molecule has 3 aromatic rings. The van der Waals surface area contributed by atoms with Gasteiger partial charge in [-0.1, -0.05) is 91.2 Å². The van der Waals surface area contributed by atoms with E-state index in [1.807, 2.05) is 79.7 Å². The number of nitrogens with zero attached hydrogens (tertiary/aromatic N) is 1. The topological polar surface area (TPSA) is 61.4 Å². The molecule has 1 aliphatic rings. The third-order valence-electron chi connectivity index (χ3n) is 7.27. The summed E-state index contributed by atoms with van der Waals surface area (Å²) in [5.74, 6) is 0. The van der Waals surface area contributed by atoms with E-state index >= 15 is 0 Å². The first kappa shape index (κ1) is 27.3. The maximum atomic E-state index is 14.3. The molecule has 0 amide bonds. The van der Waals surface area contributed by atoms with E-state index in [4.69, 9.17) is 12.2 Å². The fourth-order valence-electron chi connectivity index (χ4n) is 5.31. The van der Waals surface area contributed by atoms with Gasteiger partial charge in [0.25, 0.3) is 0 Å². The molecule has 0 radical (unpaired) electrons. The second kappa shape index (κ2) is 12.2. The Kier molecular flexibility index (Phi) is 9.00. The first-order valence-electron chi connectivity index (χ1n) is 12.9. The number of aryl methyl sites for hydroxylation is 1. The van der Waals surface area contributed by atoms with Gasteiger partial charge in [-0.15, -0.1) is 0 Å². The van der Waals surface area contributed by atoms with Crippen molar-refractivity contribution in [2.24, 2.45) is 0 Å². The lowest BCUT2D eigenvalue weighted by molar-refractivity contribution is 0.189. The Morgan fingerprint density at radius 3 is 2.03 bits per heavy atom. The molecule has 37 heavy (non-hydrogen) atoms. The Bertz CT molecular complexity index is 1260. The van der Waals surface area contributed by atoms with E-state index in [0.717, 1.165) is 36.0 Å². The summed E-state index contributed by atoms with van der Waals surface area (Å²) in [5.41, 5.74) is 2.60. The molecule has 0 unspecified atom stereocenters. The fourth-order valence-corrected chi connectivity index (χ4v) is 7.50. The van der Waals surface area contributed by atoms with E-state index < -0.39 is 21.1 Å². The van der Waals surface area contributed by atoms with E-state index in [2.05, 4.69) is 29.6 Å². The normalized spacial score (nSPS) is 19.7. The molecule has 0 aromatic heterocycles. The average molecular weight is 536 g/mol. The van der Waals surface area contributed by atoms with Gasteiger partial charge in [-0.25, -0.2) is 8.42 Å². The van der Waals surface area contributed by atoms with E-state index in [-0.39, 0.29) is 6.04 Å². The Balaban J connectivity index is 1.73. The van der Waals surface area contributed by atoms with Crippen LogP contribution in [0.5, 0.6) is 0 Å². The van der Waals surface area contributed by atoms with Crippen LogP contribution in [0.2, 0.25) is 0 Å². The summed E-state index contributed by atoms with van der Waals surface area (Å²) < 4.78 is 28.5. The zero-order valence-electron chi connectivity index (χ0n) is 21.8. The smallest absolute Gasteiger partial charge is 0.187 e. The molecule has 0 spiro atoms. The summed E-state index contributed by atoms with van der Waals surface area (Å²) >= 11 is 5.84. The molecule has 7 heteroatoms. The van der Waals surface area contributed by atoms with Gasteiger partial charge >= 0.3 is 0 Å². The SMILES string of the molecule is Cc1ccc(S(=O)(=O)[C@@H](c2ccccc2)[C@@H](NC(=S)N[C@@H]2CCCC[C@H]2N(C)C)c2ccccc2)cc1. The molecule has 0 saturated heterocycles. The molecule has 3 aromatic carbocycles. The molecular formula is C30H37N3O2S2. The van der Waals surface area contributed by atoms with Crippen molar-refractivity contribution in [3.63, 3.8) is 0 Å². The van der Waals surface area contributed by atoms with Gasteiger partial charge in [0.2, 0.25) is 0 Å². The van der Waals surface area contributed by atoms with Crippen molar-refractivity contribution in [2.75, 3.05) is 14.1 Å². The maximum Gasteiger partial charge on any atom is 0.187 e. The minimum absolute atomic E-state index is 0.212.